The minimum Gasteiger partial charge on any atom is -0.396 e. The predicted octanol–water partition coefficient (Wildman–Crippen LogP) is 3.31. The van der Waals surface area contributed by atoms with Crippen molar-refractivity contribution in [3.8, 4) is 0 Å². The van der Waals surface area contributed by atoms with Gasteiger partial charge in [0.15, 0.2) is 0 Å². The maximum absolute atomic E-state index is 12.3. The zero-order valence-corrected chi connectivity index (χ0v) is 13.8. The molecule has 2 aromatic rings. The van der Waals surface area contributed by atoms with Gasteiger partial charge in [0.1, 0.15) is 0 Å². The molecule has 0 saturated heterocycles. The number of hydrogen-bond donors (Lipinski definition) is 2. The van der Waals surface area contributed by atoms with E-state index in [9.17, 15) is 9.90 Å². The van der Waals surface area contributed by atoms with Crippen LogP contribution in [0, 0.1) is 5.92 Å². The van der Waals surface area contributed by atoms with E-state index in [2.05, 4.69) is 10.3 Å². The molecule has 1 heterocycles. The Bertz CT molecular complexity index is 721. The third-order valence-corrected chi connectivity index (χ3v) is 4.82. The zero-order valence-electron chi connectivity index (χ0n) is 13.8. The molecule has 1 aromatic heterocycles. The Morgan fingerprint density at radius 2 is 2.04 bits per heavy atom. The fourth-order valence-electron chi connectivity index (χ4n) is 3.45. The number of aliphatic hydroxyl groups is 1. The van der Waals surface area contributed by atoms with Crippen molar-refractivity contribution in [2.45, 2.75) is 38.1 Å². The zero-order chi connectivity index (χ0) is 16.8. The SMILES string of the molecule is O=C(/C=C/c1ccnc2ccccc12)NC1CCCCCC1CO. The molecular formula is C20H24N2O2. The van der Waals surface area contributed by atoms with E-state index in [1.54, 1.807) is 12.3 Å². The number of carbonyl (C=O) groups is 1. The van der Waals surface area contributed by atoms with Gasteiger partial charge in [0.05, 0.1) is 5.52 Å². The van der Waals surface area contributed by atoms with Gasteiger partial charge in [-0.2, -0.15) is 0 Å². The highest BCUT2D eigenvalue weighted by molar-refractivity contribution is 5.95. The number of aromatic nitrogens is 1. The van der Waals surface area contributed by atoms with Crippen LogP contribution in [0.2, 0.25) is 0 Å². The van der Waals surface area contributed by atoms with E-state index < -0.39 is 0 Å². The minimum absolute atomic E-state index is 0.0730. The molecule has 0 aliphatic heterocycles. The maximum Gasteiger partial charge on any atom is 0.244 e. The molecule has 4 heteroatoms. The average Bonchev–Trinajstić information content (AvgIpc) is 2.84. The van der Waals surface area contributed by atoms with Gasteiger partial charge in [0.2, 0.25) is 5.91 Å². The summed E-state index contributed by atoms with van der Waals surface area (Å²) in [6.07, 6.45) is 10.5. The van der Waals surface area contributed by atoms with Gasteiger partial charge in [-0.3, -0.25) is 9.78 Å². The molecule has 1 amide bonds. The molecule has 2 unspecified atom stereocenters. The van der Waals surface area contributed by atoms with Gasteiger partial charge in [-0.05, 0) is 36.6 Å². The summed E-state index contributed by atoms with van der Waals surface area (Å²) >= 11 is 0. The normalized spacial score (nSPS) is 21.7. The van der Waals surface area contributed by atoms with Crippen molar-refractivity contribution in [2.75, 3.05) is 6.61 Å². The van der Waals surface area contributed by atoms with Gasteiger partial charge in [-0.1, -0.05) is 37.5 Å². The Balaban J connectivity index is 1.70. The molecule has 2 N–H and O–H groups in total. The monoisotopic (exact) mass is 324 g/mol. The highest BCUT2D eigenvalue weighted by Crippen LogP contribution is 2.23. The first-order chi connectivity index (χ1) is 11.8. The topological polar surface area (TPSA) is 62.2 Å². The van der Waals surface area contributed by atoms with Crippen LogP contribution in [0.4, 0.5) is 0 Å². The summed E-state index contributed by atoms with van der Waals surface area (Å²) < 4.78 is 0. The van der Waals surface area contributed by atoms with Crippen LogP contribution in [0.3, 0.4) is 0 Å². The largest absolute Gasteiger partial charge is 0.396 e. The van der Waals surface area contributed by atoms with Gasteiger partial charge in [-0.15, -0.1) is 0 Å². The summed E-state index contributed by atoms with van der Waals surface area (Å²) in [6.45, 7) is 0.143. The van der Waals surface area contributed by atoms with Gasteiger partial charge < -0.3 is 10.4 Å². The third kappa shape index (κ3) is 4.01. The van der Waals surface area contributed by atoms with Gasteiger partial charge in [-0.25, -0.2) is 0 Å². The number of aliphatic hydroxyl groups excluding tert-OH is 1. The van der Waals surface area contributed by atoms with E-state index in [0.29, 0.717) is 0 Å². The number of fused-ring (bicyclic) bond motifs is 1. The molecule has 3 rings (SSSR count). The molecule has 1 aliphatic carbocycles. The fraction of sp³-hybridized carbons (Fsp3) is 0.400. The lowest BCUT2D eigenvalue weighted by atomic mass is 9.95. The van der Waals surface area contributed by atoms with Crippen LogP contribution in [0.15, 0.2) is 42.6 Å². The molecule has 0 bridgehead atoms. The summed E-state index contributed by atoms with van der Waals surface area (Å²) in [5, 5.41) is 13.7. The number of nitrogens with one attached hydrogen (secondary N) is 1. The van der Waals surface area contributed by atoms with Crippen LogP contribution >= 0.6 is 0 Å². The van der Waals surface area contributed by atoms with E-state index in [4.69, 9.17) is 0 Å². The number of hydrogen-bond acceptors (Lipinski definition) is 3. The Kier molecular flexibility index (Phi) is 5.59. The second-order valence-corrected chi connectivity index (χ2v) is 6.45. The fourth-order valence-corrected chi connectivity index (χ4v) is 3.45. The van der Waals surface area contributed by atoms with Crippen LogP contribution in [0.1, 0.15) is 37.7 Å². The molecule has 126 valence electrons. The van der Waals surface area contributed by atoms with Crippen LogP contribution in [-0.4, -0.2) is 28.6 Å². The minimum atomic E-state index is -0.0961. The van der Waals surface area contributed by atoms with E-state index in [0.717, 1.165) is 42.1 Å². The lowest BCUT2D eigenvalue weighted by Gasteiger charge is -2.23. The molecule has 1 aromatic carbocycles. The summed E-state index contributed by atoms with van der Waals surface area (Å²) in [5.74, 6) is 0.0767. The van der Waals surface area contributed by atoms with E-state index in [1.807, 2.05) is 36.4 Å². The second-order valence-electron chi connectivity index (χ2n) is 6.45. The molecule has 2 atom stereocenters. The van der Waals surface area contributed by atoms with Crippen molar-refractivity contribution in [3.05, 3.63) is 48.2 Å². The van der Waals surface area contributed by atoms with E-state index in [-0.39, 0.29) is 24.5 Å². The summed E-state index contributed by atoms with van der Waals surface area (Å²) in [7, 11) is 0. The molecule has 24 heavy (non-hydrogen) atoms. The summed E-state index contributed by atoms with van der Waals surface area (Å²) in [4.78, 5) is 16.6. The molecule has 0 spiro atoms. The van der Waals surface area contributed by atoms with Crippen molar-refractivity contribution >= 4 is 22.9 Å². The Hall–Kier alpha value is -2.20. The molecular weight excluding hydrogens is 300 g/mol. The number of pyridine rings is 1. The second kappa shape index (κ2) is 8.06. The Labute approximate surface area is 142 Å². The number of para-hydroxylation sites is 1. The van der Waals surface area contributed by atoms with Gasteiger partial charge in [0.25, 0.3) is 0 Å². The third-order valence-electron chi connectivity index (χ3n) is 4.82. The molecule has 4 nitrogen and oxygen atoms in total. The van der Waals surface area contributed by atoms with Crippen molar-refractivity contribution in [1.82, 2.24) is 10.3 Å². The van der Waals surface area contributed by atoms with E-state index >= 15 is 0 Å². The lowest BCUT2D eigenvalue weighted by Crippen LogP contribution is -2.40. The highest BCUT2D eigenvalue weighted by Gasteiger charge is 2.23. The Morgan fingerprint density at radius 3 is 2.92 bits per heavy atom. The smallest absolute Gasteiger partial charge is 0.244 e. The highest BCUT2D eigenvalue weighted by atomic mass is 16.3. The molecule has 0 radical (unpaired) electrons. The average molecular weight is 324 g/mol. The van der Waals surface area contributed by atoms with Crippen LogP contribution in [-0.2, 0) is 4.79 Å². The number of rotatable bonds is 4. The number of amides is 1. The van der Waals surface area contributed by atoms with Crippen LogP contribution < -0.4 is 5.32 Å². The molecule has 1 saturated carbocycles. The molecule has 1 aliphatic rings. The Morgan fingerprint density at radius 1 is 1.21 bits per heavy atom. The lowest BCUT2D eigenvalue weighted by molar-refractivity contribution is -0.117. The predicted molar refractivity (Wildman–Crippen MR) is 96.4 cm³/mol. The summed E-state index contributed by atoms with van der Waals surface area (Å²) in [6, 6.07) is 9.88. The quantitative estimate of drug-likeness (QED) is 0.670. The number of carbonyl (C=O) groups excluding carboxylic acids is 1. The first kappa shape index (κ1) is 16.7. The first-order valence-corrected chi connectivity index (χ1v) is 8.71. The van der Waals surface area contributed by atoms with Crippen molar-refractivity contribution in [2.24, 2.45) is 5.92 Å². The van der Waals surface area contributed by atoms with Crippen molar-refractivity contribution in [1.29, 1.82) is 0 Å². The number of nitrogens with zero attached hydrogens (tertiary/aromatic N) is 1. The standard InChI is InChI=1S/C20H24N2O2/c23-14-16-6-2-1-3-8-18(16)22-20(24)11-10-15-12-13-21-19-9-5-4-7-17(15)19/h4-5,7,9-13,16,18,23H,1-3,6,8,14H2,(H,22,24)/b11-10+. The maximum atomic E-state index is 12.3. The first-order valence-electron chi connectivity index (χ1n) is 8.71. The van der Waals surface area contributed by atoms with Crippen LogP contribution in [0.25, 0.3) is 17.0 Å². The summed E-state index contributed by atoms with van der Waals surface area (Å²) in [5.41, 5.74) is 1.90. The van der Waals surface area contributed by atoms with E-state index in [1.165, 1.54) is 6.42 Å². The van der Waals surface area contributed by atoms with Crippen molar-refractivity contribution in [3.63, 3.8) is 0 Å². The van der Waals surface area contributed by atoms with Crippen LogP contribution in [0.5, 0.6) is 0 Å². The van der Waals surface area contributed by atoms with Gasteiger partial charge in [0, 0.05) is 36.2 Å². The number of benzene rings is 1. The molecule has 1 fully saturated rings. The van der Waals surface area contributed by atoms with Gasteiger partial charge >= 0.3 is 0 Å². The van der Waals surface area contributed by atoms with Crippen molar-refractivity contribution < 1.29 is 9.90 Å².